The molecule has 34 heavy (non-hydrogen) atoms. The largest absolute Gasteiger partial charge is 0.449 e. The molecule has 0 aliphatic carbocycles. The summed E-state index contributed by atoms with van der Waals surface area (Å²) in [5, 5.41) is 2.60. The van der Waals surface area contributed by atoms with Crippen LogP contribution in [0.5, 0.6) is 0 Å². The van der Waals surface area contributed by atoms with Gasteiger partial charge in [-0.05, 0) is 67.6 Å². The Morgan fingerprint density at radius 2 is 1.50 bits per heavy atom. The molecule has 1 amide bonds. The summed E-state index contributed by atoms with van der Waals surface area (Å²) in [6.45, 7) is 1.33. The van der Waals surface area contributed by atoms with Crippen LogP contribution < -0.4 is 10.0 Å². The lowest BCUT2D eigenvalue weighted by molar-refractivity contribution is -0.123. The maximum absolute atomic E-state index is 13.1. The van der Waals surface area contributed by atoms with Gasteiger partial charge in [-0.25, -0.2) is 17.6 Å². The van der Waals surface area contributed by atoms with Crippen molar-refractivity contribution in [1.29, 1.82) is 0 Å². The zero-order valence-corrected chi connectivity index (χ0v) is 20.4. The molecule has 0 spiro atoms. The summed E-state index contributed by atoms with van der Waals surface area (Å²) in [5.74, 6) is -2.23. The fourth-order valence-electron chi connectivity index (χ4n) is 2.67. The highest BCUT2D eigenvalue weighted by Gasteiger charge is 2.26. The van der Waals surface area contributed by atoms with Gasteiger partial charge in [0, 0.05) is 16.4 Å². The second-order valence-electron chi connectivity index (χ2n) is 6.92. The molecule has 178 valence electrons. The Labute approximate surface area is 209 Å². The minimum Gasteiger partial charge on any atom is -0.449 e. The standard InChI is InChI=1S/C22H16Cl3FN2O5S/c1-12(21(29)27-15-6-2-13(23)3-7-15)33-22(30)17-10-20(19(25)11-18(17)24)34(31,32)28-16-8-4-14(26)5-9-16/h2-12,28H,1H3,(H,27,29). The topological polar surface area (TPSA) is 102 Å². The Morgan fingerprint density at radius 1 is 0.912 bits per heavy atom. The second kappa shape index (κ2) is 10.6. The lowest BCUT2D eigenvalue weighted by atomic mass is 10.2. The molecule has 0 radical (unpaired) electrons. The van der Waals surface area contributed by atoms with Crippen molar-refractivity contribution in [2.45, 2.75) is 17.9 Å². The first-order valence-electron chi connectivity index (χ1n) is 9.51. The van der Waals surface area contributed by atoms with Gasteiger partial charge < -0.3 is 10.1 Å². The van der Waals surface area contributed by atoms with Crippen LogP contribution in [0.3, 0.4) is 0 Å². The lowest BCUT2D eigenvalue weighted by Crippen LogP contribution is -2.30. The molecule has 0 aliphatic rings. The lowest BCUT2D eigenvalue weighted by Gasteiger charge is -2.15. The summed E-state index contributed by atoms with van der Waals surface area (Å²) >= 11 is 17.9. The summed E-state index contributed by atoms with van der Waals surface area (Å²) in [7, 11) is -4.28. The number of sulfonamides is 1. The molecule has 1 unspecified atom stereocenters. The minimum absolute atomic E-state index is 0.0732. The van der Waals surface area contributed by atoms with Gasteiger partial charge in [0.1, 0.15) is 10.7 Å². The van der Waals surface area contributed by atoms with Gasteiger partial charge in [0.25, 0.3) is 15.9 Å². The Morgan fingerprint density at radius 3 is 2.12 bits per heavy atom. The van der Waals surface area contributed by atoms with Gasteiger partial charge in [-0.1, -0.05) is 34.8 Å². The van der Waals surface area contributed by atoms with Crippen molar-refractivity contribution >= 4 is 68.1 Å². The predicted molar refractivity (Wildman–Crippen MR) is 129 cm³/mol. The summed E-state index contributed by atoms with van der Waals surface area (Å²) in [4.78, 5) is 24.5. The summed E-state index contributed by atoms with van der Waals surface area (Å²) in [6.07, 6.45) is -1.24. The van der Waals surface area contributed by atoms with Gasteiger partial charge in [-0.3, -0.25) is 9.52 Å². The van der Waals surface area contributed by atoms with Crippen LogP contribution in [0.4, 0.5) is 15.8 Å². The van der Waals surface area contributed by atoms with Crippen LogP contribution in [0.2, 0.25) is 15.1 Å². The van der Waals surface area contributed by atoms with Crippen LogP contribution in [0.15, 0.2) is 65.6 Å². The number of hydrogen-bond donors (Lipinski definition) is 2. The van der Waals surface area contributed by atoms with Crippen molar-refractivity contribution in [3.05, 3.63) is 87.1 Å². The third-order valence-corrected chi connectivity index (χ3v) is 6.80. The molecule has 0 saturated heterocycles. The average Bonchev–Trinajstić information content (AvgIpc) is 2.76. The average molecular weight is 546 g/mol. The fourth-order valence-corrected chi connectivity index (χ4v) is 4.71. The van der Waals surface area contributed by atoms with Gasteiger partial charge in [-0.15, -0.1) is 0 Å². The van der Waals surface area contributed by atoms with E-state index in [4.69, 9.17) is 39.5 Å². The van der Waals surface area contributed by atoms with Gasteiger partial charge in [0.05, 0.1) is 15.6 Å². The van der Waals surface area contributed by atoms with Crippen LogP contribution in [0.25, 0.3) is 0 Å². The number of rotatable bonds is 7. The molecule has 0 bridgehead atoms. The Hall–Kier alpha value is -2.85. The number of hydrogen-bond acceptors (Lipinski definition) is 5. The third kappa shape index (κ3) is 6.38. The molecular weight excluding hydrogens is 530 g/mol. The zero-order chi connectivity index (χ0) is 25.0. The molecule has 1 atom stereocenters. The monoisotopic (exact) mass is 544 g/mol. The van der Waals surface area contributed by atoms with Crippen molar-refractivity contribution in [2.75, 3.05) is 10.0 Å². The number of ether oxygens (including phenoxy) is 1. The van der Waals surface area contributed by atoms with Crippen molar-refractivity contribution in [3.8, 4) is 0 Å². The highest BCUT2D eigenvalue weighted by Crippen LogP contribution is 2.31. The van der Waals surface area contributed by atoms with E-state index in [1.807, 2.05) is 0 Å². The van der Waals surface area contributed by atoms with E-state index in [0.29, 0.717) is 10.7 Å². The van der Waals surface area contributed by atoms with Gasteiger partial charge in [0.2, 0.25) is 0 Å². The number of anilines is 2. The number of carbonyl (C=O) groups excluding carboxylic acids is 2. The molecule has 3 aromatic rings. The number of carbonyl (C=O) groups is 2. The fraction of sp³-hybridized carbons (Fsp3) is 0.0909. The van der Waals surface area contributed by atoms with Gasteiger partial charge >= 0.3 is 5.97 Å². The number of nitrogens with one attached hydrogen (secondary N) is 2. The van der Waals surface area contributed by atoms with Gasteiger partial charge in [-0.2, -0.15) is 0 Å². The molecular formula is C22H16Cl3FN2O5S. The van der Waals surface area contributed by atoms with Crippen molar-refractivity contribution in [1.82, 2.24) is 0 Å². The number of esters is 1. The van der Waals surface area contributed by atoms with E-state index < -0.39 is 38.7 Å². The van der Waals surface area contributed by atoms with E-state index in [9.17, 15) is 22.4 Å². The highest BCUT2D eigenvalue weighted by atomic mass is 35.5. The Bertz CT molecular complexity index is 1330. The van der Waals surface area contributed by atoms with E-state index >= 15 is 0 Å². The quantitative estimate of drug-likeness (QED) is 0.367. The van der Waals surface area contributed by atoms with E-state index in [-0.39, 0.29) is 21.3 Å². The number of benzene rings is 3. The van der Waals surface area contributed by atoms with Crippen molar-refractivity contribution in [3.63, 3.8) is 0 Å². The molecule has 12 heteroatoms. The van der Waals surface area contributed by atoms with Crippen LogP contribution >= 0.6 is 34.8 Å². The van der Waals surface area contributed by atoms with E-state index in [0.717, 1.165) is 24.3 Å². The summed E-state index contributed by atoms with van der Waals surface area (Å²) in [6, 6.07) is 12.8. The van der Waals surface area contributed by atoms with Crippen LogP contribution in [0, 0.1) is 5.82 Å². The number of amides is 1. The van der Waals surface area contributed by atoms with Gasteiger partial charge in [0.15, 0.2) is 6.10 Å². The molecule has 0 saturated carbocycles. The summed E-state index contributed by atoms with van der Waals surface area (Å²) < 4.78 is 46.1. The van der Waals surface area contributed by atoms with E-state index in [1.54, 1.807) is 24.3 Å². The molecule has 3 aromatic carbocycles. The molecule has 0 fully saturated rings. The van der Waals surface area contributed by atoms with Crippen LogP contribution in [-0.2, 0) is 19.6 Å². The third-order valence-electron chi connectivity index (χ3n) is 4.39. The first-order chi connectivity index (χ1) is 16.0. The first-order valence-corrected chi connectivity index (χ1v) is 12.1. The molecule has 3 rings (SSSR count). The van der Waals surface area contributed by atoms with Crippen LogP contribution in [0.1, 0.15) is 17.3 Å². The Balaban J connectivity index is 1.79. The molecule has 0 aromatic heterocycles. The molecule has 2 N–H and O–H groups in total. The number of halogens is 4. The predicted octanol–water partition coefficient (Wildman–Crippen LogP) is 5.77. The maximum atomic E-state index is 13.1. The Kier molecular flexibility index (Phi) is 8.04. The van der Waals surface area contributed by atoms with E-state index in [2.05, 4.69) is 10.0 Å². The zero-order valence-electron chi connectivity index (χ0n) is 17.3. The normalized spacial score (nSPS) is 12.0. The molecule has 0 heterocycles. The summed E-state index contributed by atoms with van der Waals surface area (Å²) in [5.41, 5.74) is 0.183. The minimum atomic E-state index is -4.28. The van der Waals surface area contributed by atoms with Crippen LogP contribution in [-0.4, -0.2) is 26.4 Å². The second-order valence-corrected chi connectivity index (χ2v) is 9.82. The molecule has 7 nitrogen and oxygen atoms in total. The molecule has 0 aliphatic heterocycles. The smallest absolute Gasteiger partial charge is 0.340 e. The van der Waals surface area contributed by atoms with Crippen molar-refractivity contribution in [2.24, 2.45) is 0 Å². The highest BCUT2D eigenvalue weighted by molar-refractivity contribution is 7.92. The van der Waals surface area contributed by atoms with E-state index in [1.165, 1.54) is 19.1 Å². The van der Waals surface area contributed by atoms with Crippen molar-refractivity contribution < 1.29 is 27.1 Å². The maximum Gasteiger partial charge on any atom is 0.340 e. The SMILES string of the molecule is CC(OC(=O)c1cc(S(=O)(=O)Nc2ccc(F)cc2)c(Cl)cc1Cl)C(=O)Nc1ccc(Cl)cc1. The first kappa shape index (κ1) is 25.8.